The lowest BCUT2D eigenvalue weighted by molar-refractivity contribution is 0.0936. The van der Waals surface area contributed by atoms with Gasteiger partial charge in [-0.25, -0.2) is 0 Å². The van der Waals surface area contributed by atoms with Crippen LogP contribution in [0.2, 0.25) is 0 Å². The van der Waals surface area contributed by atoms with Crippen LogP contribution < -0.4 is 16.2 Å². The predicted octanol–water partition coefficient (Wildman–Crippen LogP) is 3.62. The first-order chi connectivity index (χ1) is 14.0. The number of hydrogen-bond donors (Lipinski definition) is 2. The number of benzene rings is 2. The molecule has 29 heavy (non-hydrogen) atoms. The van der Waals surface area contributed by atoms with Gasteiger partial charge in [-0.05, 0) is 61.9 Å². The molecule has 0 spiro atoms. The van der Waals surface area contributed by atoms with Gasteiger partial charge in [0, 0.05) is 29.2 Å². The van der Waals surface area contributed by atoms with E-state index in [-0.39, 0.29) is 23.4 Å². The third-order valence-corrected chi connectivity index (χ3v) is 4.62. The van der Waals surface area contributed by atoms with Crippen LogP contribution in [0.1, 0.15) is 41.0 Å². The summed E-state index contributed by atoms with van der Waals surface area (Å²) < 4.78 is 1.41. The minimum atomic E-state index is -0.394. The summed E-state index contributed by atoms with van der Waals surface area (Å²) in [4.78, 5) is 37.4. The average molecular weight is 389 g/mol. The van der Waals surface area contributed by atoms with Gasteiger partial charge in [0.2, 0.25) is 0 Å². The van der Waals surface area contributed by atoms with Crippen LogP contribution in [0.3, 0.4) is 0 Å². The molecule has 2 amide bonds. The van der Waals surface area contributed by atoms with Crippen molar-refractivity contribution in [1.29, 1.82) is 0 Å². The molecule has 6 nitrogen and oxygen atoms in total. The minimum absolute atomic E-state index is 0.0111. The molecule has 6 heteroatoms. The van der Waals surface area contributed by atoms with Gasteiger partial charge >= 0.3 is 0 Å². The van der Waals surface area contributed by atoms with Crippen molar-refractivity contribution in [3.63, 3.8) is 0 Å². The molecule has 2 N–H and O–H groups in total. The Morgan fingerprint density at radius 3 is 2.28 bits per heavy atom. The van der Waals surface area contributed by atoms with E-state index in [1.165, 1.54) is 10.6 Å². The van der Waals surface area contributed by atoms with E-state index in [0.717, 1.165) is 6.42 Å². The number of nitrogens with zero attached hydrogens (tertiary/aromatic N) is 1. The SMILES string of the molecule is CC[C@H](C)NC(=O)c1cccn(-c2ccc(NC(=O)c3ccccc3)cc2)c1=O. The Hall–Kier alpha value is -3.67. The molecule has 0 aliphatic rings. The number of carbonyl (C=O) groups is 2. The number of aromatic nitrogens is 1. The predicted molar refractivity (Wildman–Crippen MR) is 114 cm³/mol. The molecule has 0 aliphatic carbocycles. The number of rotatable bonds is 6. The highest BCUT2D eigenvalue weighted by atomic mass is 16.2. The van der Waals surface area contributed by atoms with Crippen molar-refractivity contribution >= 4 is 17.5 Å². The third kappa shape index (κ3) is 4.79. The first-order valence-electron chi connectivity index (χ1n) is 9.49. The zero-order valence-corrected chi connectivity index (χ0v) is 16.4. The maximum Gasteiger partial charge on any atom is 0.267 e. The summed E-state index contributed by atoms with van der Waals surface area (Å²) >= 11 is 0. The first kappa shape index (κ1) is 20.1. The lowest BCUT2D eigenvalue weighted by Gasteiger charge is -2.13. The van der Waals surface area contributed by atoms with Crippen LogP contribution in [0.15, 0.2) is 77.7 Å². The highest BCUT2D eigenvalue weighted by molar-refractivity contribution is 6.04. The van der Waals surface area contributed by atoms with Crippen LogP contribution >= 0.6 is 0 Å². The van der Waals surface area contributed by atoms with Crippen LogP contribution in [-0.2, 0) is 0 Å². The number of amides is 2. The second-order valence-electron chi connectivity index (χ2n) is 6.75. The molecular weight excluding hydrogens is 366 g/mol. The monoisotopic (exact) mass is 389 g/mol. The fourth-order valence-electron chi connectivity index (χ4n) is 2.77. The van der Waals surface area contributed by atoms with Gasteiger partial charge in [-0.3, -0.25) is 19.0 Å². The molecule has 148 valence electrons. The quantitative estimate of drug-likeness (QED) is 0.676. The van der Waals surface area contributed by atoms with Crippen molar-refractivity contribution in [2.24, 2.45) is 0 Å². The van der Waals surface area contributed by atoms with E-state index in [1.807, 2.05) is 19.9 Å². The van der Waals surface area contributed by atoms with E-state index in [1.54, 1.807) is 60.8 Å². The van der Waals surface area contributed by atoms with Gasteiger partial charge in [0.1, 0.15) is 5.56 Å². The molecule has 0 radical (unpaired) electrons. The van der Waals surface area contributed by atoms with Crippen molar-refractivity contribution in [3.8, 4) is 5.69 Å². The van der Waals surface area contributed by atoms with Crippen LogP contribution in [0, 0.1) is 0 Å². The molecule has 2 aromatic carbocycles. The van der Waals surface area contributed by atoms with Crippen LogP contribution in [0.25, 0.3) is 5.69 Å². The van der Waals surface area contributed by atoms with Crippen molar-refractivity contribution in [2.75, 3.05) is 5.32 Å². The molecule has 1 heterocycles. The Morgan fingerprint density at radius 2 is 1.62 bits per heavy atom. The Balaban J connectivity index is 1.80. The van der Waals surface area contributed by atoms with Gasteiger partial charge in [-0.15, -0.1) is 0 Å². The smallest absolute Gasteiger partial charge is 0.267 e. The highest BCUT2D eigenvalue weighted by Crippen LogP contribution is 2.14. The van der Waals surface area contributed by atoms with Gasteiger partial charge in [0.15, 0.2) is 0 Å². The molecule has 0 saturated carbocycles. The lowest BCUT2D eigenvalue weighted by Crippen LogP contribution is -2.36. The molecule has 0 aliphatic heterocycles. The fraction of sp³-hybridized carbons (Fsp3) is 0.174. The highest BCUT2D eigenvalue weighted by Gasteiger charge is 2.14. The second kappa shape index (κ2) is 9.01. The molecule has 3 aromatic rings. The molecule has 0 saturated heterocycles. The van der Waals surface area contributed by atoms with Crippen molar-refractivity contribution in [2.45, 2.75) is 26.3 Å². The van der Waals surface area contributed by atoms with E-state index in [4.69, 9.17) is 0 Å². The average Bonchev–Trinajstić information content (AvgIpc) is 2.75. The summed E-state index contributed by atoms with van der Waals surface area (Å²) in [6.07, 6.45) is 2.39. The summed E-state index contributed by atoms with van der Waals surface area (Å²) in [5.41, 5.74) is 1.48. The number of carbonyl (C=O) groups excluding carboxylic acids is 2. The van der Waals surface area contributed by atoms with E-state index >= 15 is 0 Å². The Kier molecular flexibility index (Phi) is 6.24. The van der Waals surface area contributed by atoms with Gasteiger partial charge in [0.25, 0.3) is 17.4 Å². The lowest BCUT2D eigenvalue weighted by atomic mass is 10.2. The number of anilines is 1. The molecule has 1 atom stereocenters. The molecular formula is C23H23N3O3. The second-order valence-corrected chi connectivity index (χ2v) is 6.75. The largest absolute Gasteiger partial charge is 0.349 e. The number of nitrogens with one attached hydrogen (secondary N) is 2. The Bertz CT molecular complexity index is 1060. The summed E-state index contributed by atoms with van der Waals surface area (Å²) in [6.45, 7) is 3.86. The maximum atomic E-state index is 12.8. The van der Waals surface area contributed by atoms with E-state index in [2.05, 4.69) is 10.6 Å². The summed E-state index contributed by atoms with van der Waals surface area (Å²) in [7, 11) is 0. The minimum Gasteiger partial charge on any atom is -0.349 e. The summed E-state index contributed by atoms with van der Waals surface area (Å²) in [5, 5.41) is 5.63. The Morgan fingerprint density at radius 1 is 0.931 bits per heavy atom. The van der Waals surface area contributed by atoms with E-state index < -0.39 is 5.56 Å². The third-order valence-electron chi connectivity index (χ3n) is 4.62. The van der Waals surface area contributed by atoms with Crippen LogP contribution in [0.4, 0.5) is 5.69 Å². The van der Waals surface area contributed by atoms with Gasteiger partial charge in [0.05, 0.1) is 0 Å². The topological polar surface area (TPSA) is 80.2 Å². The van der Waals surface area contributed by atoms with Crippen LogP contribution in [0.5, 0.6) is 0 Å². The van der Waals surface area contributed by atoms with E-state index in [0.29, 0.717) is 16.9 Å². The zero-order chi connectivity index (χ0) is 20.8. The van der Waals surface area contributed by atoms with Gasteiger partial charge in [-0.1, -0.05) is 25.1 Å². The molecule has 0 bridgehead atoms. The number of hydrogen-bond acceptors (Lipinski definition) is 3. The molecule has 0 unspecified atom stereocenters. The molecule has 3 rings (SSSR count). The van der Waals surface area contributed by atoms with Crippen LogP contribution in [-0.4, -0.2) is 22.4 Å². The van der Waals surface area contributed by atoms with Gasteiger partial charge < -0.3 is 10.6 Å². The van der Waals surface area contributed by atoms with Crippen molar-refractivity contribution in [1.82, 2.24) is 9.88 Å². The Labute approximate surface area is 169 Å². The van der Waals surface area contributed by atoms with Crippen molar-refractivity contribution in [3.05, 3.63) is 94.4 Å². The first-order valence-corrected chi connectivity index (χ1v) is 9.49. The molecule has 0 fully saturated rings. The van der Waals surface area contributed by atoms with Gasteiger partial charge in [-0.2, -0.15) is 0 Å². The molecule has 1 aromatic heterocycles. The maximum absolute atomic E-state index is 12.8. The summed E-state index contributed by atoms with van der Waals surface area (Å²) in [6, 6.07) is 19.0. The summed E-state index contributed by atoms with van der Waals surface area (Å²) in [5.74, 6) is -0.593. The van der Waals surface area contributed by atoms with Crippen molar-refractivity contribution < 1.29 is 9.59 Å². The van der Waals surface area contributed by atoms with E-state index in [9.17, 15) is 14.4 Å². The standard InChI is InChI=1S/C23H23N3O3/c1-3-16(2)24-22(28)20-10-7-15-26(23(20)29)19-13-11-18(12-14-19)25-21(27)17-8-5-4-6-9-17/h4-16H,3H2,1-2H3,(H,24,28)(H,25,27)/t16-/m0/s1. The zero-order valence-electron chi connectivity index (χ0n) is 16.4. The number of pyridine rings is 1. The fourth-order valence-corrected chi connectivity index (χ4v) is 2.77. The normalized spacial score (nSPS) is 11.5.